The summed E-state index contributed by atoms with van der Waals surface area (Å²) in [4.78, 5) is 14.8. The third-order valence-corrected chi connectivity index (χ3v) is 34.6. The molecule has 0 aliphatic carbocycles. The predicted molar refractivity (Wildman–Crippen MR) is 475 cm³/mol. The van der Waals surface area contributed by atoms with E-state index in [0.29, 0.717) is 76.2 Å². The number of hydrogen-bond donors (Lipinski definition) is 4. The van der Waals surface area contributed by atoms with Crippen LogP contribution in [0.4, 0.5) is 17.6 Å². The minimum atomic E-state index is -1.94. The Bertz CT molecular complexity index is 4190. The molecule has 8 aromatic carbocycles. The number of benzene rings is 8. The van der Waals surface area contributed by atoms with Crippen molar-refractivity contribution in [3.05, 3.63) is 262 Å². The second-order valence-corrected chi connectivity index (χ2v) is 48.7. The first-order chi connectivity index (χ1) is 53.5. The molecule has 114 heavy (non-hydrogen) atoms. The lowest BCUT2D eigenvalue weighted by Crippen LogP contribution is -2.43. The molecule has 0 amide bonds. The zero-order valence-corrected chi connectivity index (χ0v) is 77.3. The van der Waals surface area contributed by atoms with Gasteiger partial charge in [-0.2, -0.15) is 0 Å². The zero-order chi connectivity index (χ0) is 85.2. The molecule has 3 atom stereocenters. The highest BCUT2D eigenvalue weighted by Crippen LogP contribution is 2.41. The molecule has 0 aliphatic rings. The van der Waals surface area contributed by atoms with Crippen LogP contribution in [0.15, 0.2) is 200 Å². The Morgan fingerprint density at radius 1 is 0.412 bits per heavy atom. The number of aliphatic hydroxyl groups excluding tert-OH is 3. The minimum Gasteiger partial charge on any atom is -0.544 e. The lowest BCUT2D eigenvalue weighted by Gasteiger charge is -2.36. The van der Waals surface area contributed by atoms with Gasteiger partial charge in [-0.25, -0.2) is 17.6 Å². The van der Waals surface area contributed by atoms with Crippen LogP contribution in [0.3, 0.4) is 0 Å². The lowest BCUT2D eigenvalue weighted by molar-refractivity contribution is 0.112. The van der Waals surface area contributed by atoms with E-state index in [-0.39, 0.29) is 43.4 Å². The molecular weight excluding hydrogens is 1700 g/mol. The molecule has 4 N–H and O–H groups in total. The first kappa shape index (κ1) is 99.3. The Morgan fingerprint density at radius 3 is 0.939 bits per heavy atom. The third-order valence-electron chi connectivity index (χ3n) is 19.7. The van der Waals surface area contributed by atoms with Crippen molar-refractivity contribution in [3.8, 4) is 46.0 Å². The normalized spacial score (nSPS) is 12.5. The number of aldehydes is 1. The number of aromatic hydroxyl groups is 1. The lowest BCUT2D eigenvalue weighted by atomic mass is 10.0. The van der Waals surface area contributed by atoms with Crippen molar-refractivity contribution >= 4 is 79.0 Å². The molecule has 0 saturated heterocycles. The van der Waals surface area contributed by atoms with Gasteiger partial charge in [-0.3, -0.25) is 4.79 Å². The SMILES string of the molecule is C=CCN(C)CCCOc1ccc(C(O)c2ccc(O)cc2)c(F)c1.C=CCN(C)CCCOc1ccc(C(O)c2ccc(O[Si](C)(C)C(C)(C)C)cc2)c(F)c1.CC(C)(C)[Si](C)(C)Oc1ccc(C(O)c2ccc(OCCCBr)cc2F)cc1.CC(C)(C)[Si](C)(C)Oc1ccc(C=O)cc1.Fc1cc(OCCCBr)ccc1Br. The van der Waals surface area contributed by atoms with Crippen LogP contribution >= 0.6 is 47.8 Å². The topological polar surface area (TPSA) is 169 Å². The molecule has 0 bridgehead atoms. The molecule has 8 rings (SSSR count). The minimum absolute atomic E-state index is 0.0962. The maximum atomic E-state index is 14.7. The Labute approximate surface area is 704 Å². The standard InChI is InChI=1S/C26H38FNO3Si.C22H30BrFO3Si.C20H24FNO3.C13H20O2Si.C9H9Br2FO/c1-8-16-28(5)17-9-18-30-22-14-15-23(24(27)19-22)25(29)20-10-12-21(13-11-20)31-32(6,7)26(2,3)4;1-22(2,3)28(4,5)27-17-9-7-16(8-10-17)21(25)19-12-11-18(15-20(19)24)26-14-6-13-23;1-3-11-22(2)12-4-13-25-17-9-10-18(19(21)14-17)20(24)15-5-7-16(23)8-6-15;1-13(2,3)16(4,5)15-12-8-6-11(10-14)7-9-12;10-4-1-5-13-7-2-3-8(11)9(12)6-7/h8,10-15,19,25,29H,1,9,16-18H2,2-7H3;7-12,15,21,25H,6,13-14H2,1-5H3;3,5-10,14,20,23-24H,1,4,11-13H2,2H3;6-10H,1-5H3;2-3,6H,1,4-5H2. The van der Waals surface area contributed by atoms with E-state index in [1.807, 2.05) is 62.6 Å². The largest absolute Gasteiger partial charge is 0.544 e. The summed E-state index contributed by atoms with van der Waals surface area (Å²) < 4.78 is 97.5. The number of carbonyl (C=O) groups excluding carboxylic acids is 1. The van der Waals surface area contributed by atoms with Gasteiger partial charge >= 0.3 is 0 Å². The number of aliphatic hydroxyl groups is 3. The smallest absolute Gasteiger partial charge is 0.250 e. The summed E-state index contributed by atoms with van der Waals surface area (Å²) in [5.74, 6) is 2.65. The predicted octanol–water partition coefficient (Wildman–Crippen LogP) is 23.8. The zero-order valence-electron chi connectivity index (χ0n) is 69.5. The van der Waals surface area contributed by atoms with Crippen molar-refractivity contribution in [1.29, 1.82) is 0 Å². The van der Waals surface area contributed by atoms with Crippen LogP contribution in [0.5, 0.6) is 46.0 Å². The summed E-state index contributed by atoms with van der Waals surface area (Å²) in [5, 5.41) is 43.0. The molecule has 0 saturated carbocycles. The van der Waals surface area contributed by atoms with Crippen molar-refractivity contribution in [2.75, 3.05) is 77.4 Å². The fraction of sp³-hybridized carbons (Fsp3) is 0.411. The van der Waals surface area contributed by atoms with Gasteiger partial charge in [0.1, 0.15) is 93.9 Å². The summed E-state index contributed by atoms with van der Waals surface area (Å²) in [5.41, 5.74) is 3.05. The molecular formula is C90H121Br3F4N2O12Si3. The molecule has 8 aromatic rings. The highest BCUT2D eigenvalue weighted by Gasteiger charge is 2.41. The van der Waals surface area contributed by atoms with E-state index in [1.165, 1.54) is 42.5 Å². The number of phenols is 1. The highest BCUT2D eigenvalue weighted by atomic mass is 79.9. The molecule has 0 fully saturated rings. The van der Waals surface area contributed by atoms with E-state index in [9.17, 15) is 42.8 Å². The van der Waals surface area contributed by atoms with Crippen molar-refractivity contribution in [3.63, 3.8) is 0 Å². The molecule has 3 unspecified atom stereocenters. The van der Waals surface area contributed by atoms with Gasteiger partial charge in [0.25, 0.3) is 0 Å². The average Bonchev–Trinajstić information content (AvgIpc) is 0.819. The number of likely N-dealkylation sites (N-methyl/N-ethyl adjacent to an activating group) is 2. The van der Waals surface area contributed by atoms with E-state index >= 15 is 0 Å². The van der Waals surface area contributed by atoms with Crippen molar-refractivity contribution in [1.82, 2.24) is 9.80 Å². The maximum Gasteiger partial charge on any atom is 0.250 e. The van der Waals surface area contributed by atoms with Crippen LogP contribution in [0, 0.1) is 23.3 Å². The number of nitrogens with zero attached hydrogens (tertiary/aromatic N) is 2. The van der Waals surface area contributed by atoms with E-state index in [0.717, 1.165) is 86.1 Å². The molecule has 14 nitrogen and oxygen atoms in total. The number of phenolic OH excluding ortho intramolecular Hbond substituents is 1. The number of halogens is 7. The number of hydrogen-bond acceptors (Lipinski definition) is 14. The van der Waals surface area contributed by atoms with Gasteiger partial charge in [-0.1, -0.05) is 143 Å². The molecule has 0 radical (unpaired) electrons. The van der Waals surface area contributed by atoms with Gasteiger partial charge in [0.15, 0.2) is 0 Å². The number of ether oxygens (including phenoxy) is 4. The number of alkyl halides is 2. The van der Waals surface area contributed by atoms with Gasteiger partial charge < -0.3 is 62.5 Å². The molecule has 624 valence electrons. The monoisotopic (exact) mass is 1820 g/mol. The van der Waals surface area contributed by atoms with Gasteiger partial charge in [0.05, 0.1) is 30.9 Å². The van der Waals surface area contributed by atoms with Gasteiger partial charge in [0, 0.05) is 83.4 Å². The summed E-state index contributed by atoms with van der Waals surface area (Å²) in [6.07, 6.45) is 4.76. The maximum absolute atomic E-state index is 14.7. The third kappa shape index (κ3) is 33.9. The van der Waals surface area contributed by atoms with Gasteiger partial charge in [0.2, 0.25) is 25.0 Å². The Kier molecular flexibility index (Phi) is 41.8. The fourth-order valence-corrected chi connectivity index (χ4v) is 13.6. The van der Waals surface area contributed by atoms with Crippen molar-refractivity contribution < 1.29 is 75.0 Å². The van der Waals surface area contributed by atoms with Crippen molar-refractivity contribution in [2.45, 2.75) is 161 Å². The molecule has 24 heteroatoms. The quantitative estimate of drug-likeness (QED) is 0.00739. The molecule has 0 aromatic heterocycles. The Morgan fingerprint density at radius 2 is 0.675 bits per heavy atom. The second-order valence-electron chi connectivity index (χ2n) is 32.1. The first-order valence-electron chi connectivity index (χ1n) is 38.2. The fourth-order valence-electron chi connectivity index (χ4n) is 9.78. The molecule has 0 aliphatic heterocycles. The van der Waals surface area contributed by atoms with E-state index in [1.54, 1.807) is 91.0 Å². The van der Waals surface area contributed by atoms with Crippen molar-refractivity contribution in [2.24, 2.45) is 0 Å². The Balaban J connectivity index is 0.000000310. The second kappa shape index (κ2) is 48.0. The first-order valence-corrected chi connectivity index (χ1v) is 50.0. The van der Waals surface area contributed by atoms with E-state index in [4.69, 9.17) is 32.2 Å². The van der Waals surface area contributed by atoms with E-state index < -0.39 is 60.7 Å². The van der Waals surface area contributed by atoms with Crippen LogP contribution in [0.25, 0.3) is 0 Å². The van der Waals surface area contributed by atoms with Crippen LogP contribution in [-0.4, -0.2) is 139 Å². The molecule has 0 spiro atoms. The van der Waals surface area contributed by atoms with Crippen LogP contribution in [0.2, 0.25) is 54.4 Å². The van der Waals surface area contributed by atoms with E-state index in [2.05, 4.69) is 172 Å². The van der Waals surface area contributed by atoms with Gasteiger partial charge in [-0.15, -0.1) is 13.2 Å². The van der Waals surface area contributed by atoms with Gasteiger partial charge in [-0.05, 0) is 236 Å². The summed E-state index contributed by atoms with van der Waals surface area (Å²) >= 11 is 9.69. The Hall–Kier alpha value is -7.08. The summed E-state index contributed by atoms with van der Waals surface area (Å²) in [6.45, 7) is 45.8. The summed E-state index contributed by atoms with van der Waals surface area (Å²) in [6, 6.07) is 46.3. The van der Waals surface area contributed by atoms with Crippen LogP contribution in [0.1, 0.15) is 150 Å². The van der Waals surface area contributed by atoms with Crippen LogP contribution in [-0.2, 0) is 0 Å². The number of carbonyl (C=O) groups is 1. The average molecular weight is 1820 g/mol. The number of rotatable bonds is 35. The van der Waals surface area contributed by atoms with Crippen LogP contribution < -0.4 is 32.2 Å². The highest BCUT2D eigenvalue weighted by molar-refractivity contribution is 9.10. The molecule has 0 heterocycles. The summed E-state index contributed by atoms with van der Waals surface area (Å²) in [7, 11) is -1.60.